The van der Waals surface area contributed by atoms with Crippen LogP contribution in [0.1, 0.15) is 22.8 Å². The topological polar surface area (TPSA) is 143 Å². The number of carbonyl (C=O) groups is 2. The van der Waals surface area contributed by atoms with Crippen LogP contribution in [0.5, 0.6) is 11.5 Å². The van der Waals surface area contributed by atoms with E-state index in [1.807, 2.05) is 0 Å². The Hall–Kier alpha value is -4.21. The fraction of sp³-hybridized carbons (Fsp3) is 0.105. The van der Waals surface area contributed by atoms with Crippen LogP contribution < -0.4 is 9.75 Å². The molecule has 10 nitrogen and oxygen atoms in total. The van der Waals surface area contributed by atoms with Crippen molar-refractivity contribution in [1.82, 2.24) is 0 Å². The summed E-state index contributed by atoms with van der Waals surface area (Å²) in [6, 6.07) is 8.20. The minimum atomic E-state index is -1.14. The molecule has 0 saturated carbocycles. The van der Waals surface area contributed by atoms with Gasteiger partial charge in [0.05, 0.1) is 34.6 Å². The zero-order valence-corrected chi connectivity index (χ0v) is 15.3. The lowest BCUT2D eigenvalue weighted by atomic mass is 10.1. The first kappa shape index (κ1) is 19.5. The zero-order chi connectivity index (χ0) is 21.3. The van der Waals surface area contributed by atoms with E-state index in [9.17, 15) is 24.8 Å². The lowest BCUT2D eigenvalue weighted by Crippen LogP contribution is -2.21. The molecule has 0 aliphatic carbocycles. The summed E-state index contributed by atoms with van der Waals surface area (Å²) >= 11 is 0. The molecule has 0 saturated heterocycles. The molecule has 2 N–H and O–H groups in total. The largest absolute Gasteiger partial charge is 0.500 e. The molecule has 0 bridgehead atoms. The molecule has 1 aliphatic heterocycles. The highest BCUT2D eigenvalue weighted by molar-refractivity contribution is 6.32. The van der Waals surface area contributed by atoms with Crippen molar-refractivity contribution in [2.24, 2.45) is 5.10 Å². The van der Waals surface area contributed by atoms with Gasteiger partial charge in [0.25, 0.3) is 5.91 Å². The Kier molecular flexibility index (Phi) is 5.01. The smallest absolute Gasteiger partial charge is 0.335 e. The number of anilines is 1. The maximum atomic E-state index is 12.8. The first-order valence-corrected chi connectivity index (χ1v) is 8.23. The van der Waals surface area contributed by atoms with E-state index in [1.54, 1.807) is 13.0 Å². The van der Waals surface area contributed by atoms with Gasteiger partial charge in [0.1, 0.15) is 0 Å². The van der Waals surface area contributed by atoms with Crippen molar-refractivity contribution in [3.8, 4) is 11.5 Å². The molecular formula is C19H15N3O7. The minimum Gasteiger partial charge on any atom is -0.500 e. The molecule has 0 radical (unpaired) electrons. The number of benzene rings is 2. The molecule has 0 aromatic heterocycles. The Bertz CT molecular complexity index is 1100. The van der Waals surface area contributed by atoms with Crippen LogP contribution in [0, 0.1) is 10.1 Å². The predicted molar refractivity (Wildman–Crippen MR) is 103 cm³/mol. The summed E-state index contributed by atoms with van der Waals surface area (Å²) in [5.41, 5.74) is 0.456. The molecule has 10 heteroatoms. The van der Waals surface area contributed by atoms with Gasteiger partial charge in [-0.3, -0.25) is 14.9 Å². The number of hydrogen-bond acceptors (Lipinski definition) is 7. The molecule has 2 aromatic rings. The van der Waals surface area contributed by atoms with Crippen LogP contribution >= 0.6 is 0 Å². The maximum absolute atomic E-state index is 12.8. The summed E-state index contributed by atoms with van der Waals surface area (Å²) in [7, 11) is 1.25. The van der Waals surface area contributed by atoms with Gasteiger partial charge in [0.15, 0.2) is 5.75 Å². The van der Waals surface area contributed by atoms with Gasteiger partial charge >= 0.3 is 11.7 Å². The Morgan fingerprint density at radius 3 is 2.66 bits per heavy atom. The van der Waals surface area contributed by atoms with Gasteiger partial charge in [-0.25, -0.2) is 4.79 Å². The number of rotatable bonds is 5. The molecule has 3 rings (SSSR count). The highest BCUT2D eigenvalue weighted by atomic mass is 16.6. The number of amides is 1. The Morgan fingerprint density at radius 1 is 1.31 bits per heavy atom. The number of carboxylic acid groups (broad SMARTS) is 1. The predicted octanol–water partition coefficient (Wildman–Crippen LogP) is 2.81. The van der Waals surface area contributed by atoms with Crippen molar-refractivity contribution in [2.45, 2.75) is 6.92 Å². The standard InChI is InChI=1S/C19H15N3O7/c1-10-14(6-11-7-15(22(27)28)17(23)16(8-11)29-2)18(24)21(20-10)13-5-3-4-12(9-13)19(25)26/h3-9,23H,1-2H3,(H,25,26)/b14-6-. The number of aromatic carboxylic acids is 1. The summed E-state index contributed by atoms with van der Waals surface area (Å²) in [6.07, 6.45) is 1.39. The molecule has 0 unspecified atom stereocenters. The van der Waals surface area contributed by atoms with E-state index in [1.165, 1.54) is 37.5 Å². The third-order valence-electron chi connectivity index (χ3n) is 4.21. The number of nitrogens with zero attached hydrogens (tertiary/aromatic N) is 3. The van der Waals surface area contributed by atoms with Gasteiger partial charge in [-0.2, -0.15) is 10.1 Å². The normalized spacial score (nSPS) is 14.8. The molecule has 0 fully saturated rings. The van der Waals surface area contributed by atoms with Gasteiger partial charge in [-0.1, -0.05) is 6.07 Å². The van der Waals surface area contributed by atoms with E-state index < -0.39 is 28.2 Å². The van der Waals surface area contributed by atoms with Crippen molar-refractivity contribution in [3.05, 3.63) is 63.2 Å². The SMILES string of the molecule is COc1cc(/C=C2\C(=O)N(c3cccc(C(=O)O)c3)N=C2C)cc([N+](=O)[O-])c1O. The average molecular weight is 397 g/mol. The summed E-state index contributed by atoms with van der Waals surface area (Å²) in [6.45, 7) is 1.58. The van der Waals surface area contributed by atoms with E-state index in [2.05, 4.69) is 5.10 Å². The van der Waals surface area contributed by atoms with Gasteiger partial charge in [-0.15, -0.1) is 0 Å². The van der Waals surface area contributed by atoms with Gasteiger partial charge in [-0.05, 0) is 42.8 Å². The van der Waals surface area contributed by atoms with Crippen LogP contribution in [-0.4, -0.2) is 39.8 Å². The van der Waals surface area contributed by atoms with E-state index in [-0.39, 0.29) is 28.1 Å². The number of hydrogen-bond donors (Lipinski definition) is 2. The highest BCUT2D eigenvalue weighted by Gasteiger charge is 2.29. The molecule has 1 amide bonds. The second-order valence-corrected chi connectivity index (χ2v) is 6.06. The lowest BCUT2D eigenvalue weighted by Gasteiger charge is -2.12. The number of aromatic hydroxyl groups is 1. The maximum Gasteiger partial charge on any atom is 0.335 e. The number of hydrazone groups is 1. The van der Waals surface area contributed by atoms with E-state index in [0.717, 1.165) is 11.1 Å². The molecule has 1 heterocycles. The van der Waals surface area contributed by atoms with Crippen LogP contribution in [0.2, 0.25) is 0 Å². The van der Waals surface area contributed by atoms with E-state index in [0.29, 0.717) is 5.71 Å². The van der Waals surface area contributed by atoms with Crippen LogP contribution in [0.4, 0.5) is 11.4 Å². The highest BCUT2D eigenvalue weighted by Crippen LogP contribution is 2.38. The molecule has 0 atom stereocenters. The number of methoxy groups -OCH3 is 1. The fourth-order valence-corrected chi connectivity index (χ4v) is 2.79. The van der Waals surface area contributed by atoms with Crippen molar-refractivity contribution >= 4 is 35.0 Å². The Balaban J connectivity index is 2.02. The molecule has 2 aromatic carbocycles. The zero-order valence-electron chi connectivity index (χ0n) is 15.3. The van der Waals surface area contributed by atoms with Crippen LogP contribution in [0.25, 0.3) is 6.08 Å². The summed E-state index contributed by atoms with van der Waals surface area (Å²) < 4.78 is 4.96. The number of carboxylic acids is 1. The first-order valence-electron chi connectivity index (χ1n) is 8.23. The number of ether oxygens (including phenoxy) is 1. The number of nitro benzene ring substituents is 1. The van der Waals surface area contributed by atoms with Crippen molar-refractivity contribution in [2.75, 3.05) is 12.1 Å². The summed E-state index contributed by atoms with van der Waals surface area (Å²) in [5, 5.41) is 35.4. The second kappa shape index (κ2) is 7.43. The molecule has 148 valence electrons. The number of carbonyl (C=O) groups excluding carboxylic acids is 1. The molecular weight excluding hydrogens is 382 g/mol. The van der Waals surface area contributed by atoms with E-state index >= 15 is 0 Å². The van der Waals surface area contributed by atoms with Crippen LogP contribution in [0.15, 0.2) is 47.1 Å². The van der Waals surface area contributed by atoms with Gasteiger partial charge in [0, 0.05) is 6.07 Å². The monoisotopic (exact) mass is 397 g/mol. The summed E-state index contributed by atoms with van der Waals surface area (Å²) in [4.78, 5) is 34.4. The number of phenols is 1. The molecule has 1 aliphatic rings. The second-order valence-electron chi connectivity index (χ2n) is 6.06. The van der Waals surface area contributed by atoms with Crippen molar-refractivity contribution < 1.29 is 29.5 Å². The fourth-order valence-electron chi connectivity index (χ4n) is 2.79. The number of nitro groups is 1. The van der Waals surface area contributed by atoms with Crippen LogP contribution in [-0.2, 0) is 4.79 Å². The molecule has 29 heavy (non-hydrogen) atoms. The van der Waals surface area contributed by atoms with Gasteiger partial charge in [0.2, 0.25) is 5.75 Å². The third kappa shape index (κ3) is 3.63. The van der Waals surface area contributed by atoms with E-state index in [4.69, 9.17) is 9.84 Å². The Labute approximate surface area is 164 Å². The molecule has 0 spiro atoms. The lowest BCUT2D eigenvalue weighted by molar-refractivity contribution is -0.386. The van der Waals surface area contributed by atoms with Crippen molar-refractivity contribution in [3.63, 3.8) is 0 Å². The number of phenolic OH excluding ortho intramolecular Hbond substituents is 1. The average Bonchev–Trinajstić information content (AvgIpc) is 2.97. The third-order valence-corrected chi connectivity index (χ3v) is 4.21. The Morgan fingerprint density at radius 2 is 2.03 bits per heavy atom. The minimum absolute atomic E-state index is 0.000483. The van der Waals surface area contributed by atoms with Crippen molar-refractivity contribution in [1.29, 1.82) is 0 Å². The van der Waals surface area contributed by atoms with Crippen LogP contribution in [0.3, 0.4) is 0 Å². The van der Waals surface area contributed by atoms with Gasteiger partial charge < -0.3 is 14.9 Å². The summed E-state index contributed by atoms with van der Waals surface area (Å²) in [5.74, 6) is -2.40. The first-order chi connectivity index (χ1) is 13.7. The quantitative estimate of drug-likeness (QED) is 0.449.